The van der Waals surface area contributed by atoms with Crippen LogP contribution in [0.25, 0.3) is 11.1 Å². The summed E-state index contributed by atoms with van der Waals surface area (Å²) in [5.41, 5.74) is 3.58. The maximum Gasteiger partial charge on any atom is 0.160 e. The fourth-order valence-electron chi connectivity index (χ4n) is 2.49. The Hall–Kier alpha value is -1.90. The van der Waals surface area contributed by atoms with Crippen molar-refractivity contribution in [2.45, 2.75) is 13.0 Å². The molecule has 2 aromatic carbocycles. The highest BCUT2D eigenvalue weighted by Crippen LogP contribution is 2.36. The topological polar surface area (TPSA) is 29.6 Å². The molecule has 1 fully saturated rings. The van der Waals surface area contributed by atoms with E-state index < -0.39 is 0 Å². The summed E-state index contributed by atoms with van der Waals surface area (Å²) in [6.07, 6.45) is -0.00900. The molecule has 0 saturated carbocycles. The van der Waals surface area contributed by atoms with E-state index in [2.05, 4.69) is 0 Å². The van der Waals surface area contributed by atoms with Gasteiger partial charge in [0, 0.05) is 16.2 Å². The van der Waals surface area contributed by atoms with Gasteiger partial charge in [0.05, 0.1) is 6.61 Å². The lowest BCUT2D eigenvalue weighted by molar-refractivity contribution is -0.111. The minimum atomic E-state index is -0.00900. The van der Waals surface area contributed by atoms with Crippen LogP contribution in [0.2, 0.25) is 5.02 Å². The van der Waals surface area contributed by atoms with Gasteiger partial charge in [0.25, 0.3) is 0 Å². The number of halogens is 1. The number of hydrogen-bond donors (Lipinski definition) is 0. The Balaban J connectivity index is 2.19. The SMILES string of the molecule is CC(=O)/C(=C(\c1ccc(Cl)cc1)[C@H]1CO1)c1ccccc1. The number of rotatable bonds is 4. The van der Waals surface area contributed by atoms with Crippen molar-refractivity contribution < 1.29 is 9.53 Å². The molecule has 1 atom stereocenters. The third-order valence-corrected chi connectivity index (χ3v) is 3.75. The maximum absolute atomic E-state index is 12.2. The van der Waals surface area contributed by atoms with Gasteiger partial charge in [-0.2, -0.15) is 0 Å². The van der Waals surface area contributed by atoms with Gasteiger partial charge in [0.1, 0.15) is 6.10 Å². The molecule has 3 heteroatoms. The van der Waals surface area contributed by atoms with Gasteiger partial charge in [-0.25, -0.2) is 0 Å². The monoisotopic (exact) mass is 298 g/mol. The molecule has 0 aliphatic carbocycles. The zero-order valence-corrected chi connectivity index (χ0v) is 12.4. The second-order valence-corrected chi connectivity index (χ2v) is 5.48. The summed E-state index contributed by atoms with van der Waals surface area (Å²) in [6, 6.07) is 17.3. The van der Waals surface area contributed by atoms with Crippen LogP contribution in [-0.4, -0.2) is 18.5 Å². The van der Waals surface area contributed by atoms with Crippen molar-refractivity contribution in [1.82, 2.24) is 0 Å². The number of benzene rings is 2. The van der Waals surface area contributed by atoms with Gasteiger partial charge < -0.3 is 4.74 Å². The second kappa shape index (κ2) is 5.84. The first kappa shape index (κ1) is 14.1. The molecule has 2 nitrogen and oxygen atoms in total. The standard InChI is InChI=1S/C18H15ClO2/c1-12(20)17(13-5-3-2-4-6-13)18(16-11-21-16)14-7-9-15(19)10-8-14/h2-10,16H,11H2,1H3/b18-17-/t16-/m1/s1. The van der Waals surface area contributed by atoms with E-state index in [-0.39, 0.29) is 11.9 Å². The van der Waals surface area contributed by atoms with Crippen LogP contribution in [0.15, 0.2) is 54.6 Å². The van der Waals surface area contributed by atoms with Crippen LogP contribution in [0, 0.1) is 0 Å². The van der Waals surface area contributed by atoms with Crippen molar-refractivity contribution in [2.75, 3.05) is 6.61 Å². The lowest BCUT2D eigenvalue weighted by Crippen LogP contribution is -2.05. The largest absolute Gasteiger partial charge is 0.368 e. The van der Waals surface area contributed by atoms with Crippen molar-refractivity contribution in [3.8, 4) is 0 Å². The number of allylic oxidation sites excluding steroid dienone is 1. The summed E-state index contributed by atoms with van der Waals surface area (Å²) < 4.78 is 5.46. The van der Waals surface area contributed by atoms with Crippen molar-refractivity contribution in [3.63, 3.8) is 0 Å². The summed E-state index contributed by atoms with van der Waals surface area (Å²) >= 11 is 5.96. The number of carbonyl (C=O) groups excluding carboxylic acids is 1. The van der Waals surface area contributed by atoms with Crippen LogP contribution < -0.4 is 0 Å². The predicted octanol–water partition coefficient (Wildman–Crippen LogP) is 4.24. The second-order valence-electron chi connectivity index (χ2n) is 5.04. The zero-order valence-electron chi connectivity index (χ0n) is 11.7. The minimum Gasteiger partial charge on any atom is -0.368 e. The fraction of sp³-hybridized carbons (Fsp3) is 0.167. The van der Waals surface area contributed by atoms with Crippen LogP contribution in [0.5, 0.6) is 0 Å². The van der Waals surface area contributed by atoms with Gasteiger partial charge >= 0.3 is 0 Å². The number of epoxide rings is 1. The normalized spacial score (nSPS) is 18.1. The number of Topliss-reactive ketones (excluding diaryl/α,β-unsaturated/α-hetero) is 1. The number of carbonyl (C=O) groups is 1. The molecule has 1 heterocycles. The Bertz CT molecular complexity index is 683. The minimum absolute atomic E-state index is 0.00900. The van der Waals surface area contributed by atoms with Gasteiger partial charge in [0.2, 0.25) is 0 Å². The van der Waals surface area contributed by atoms with Gasteiger partial charge in [0.15, 0.2) is 5.78 Å². The van der Waals surface area contributed by atoms with E-state index in [9.17, 15) is 4.79 Å². The Morgan fingerprint density at radius 2 is 1.67 bits per heavy atom. The van der Waals surface area contributed by atoms with Gasteiger partial charge in [-0.3, -0.25) is 4.79 Å². The molecule has 0 spiro atoms. The van der Waals surface area contributed by atoms with Gasteiger partial charge in [-0.05, 0) is 30.2 Å². The molecule has 21 heavy (non-hydrogen) atoms. The predicted molar refractivity (Wildman–Crippen MR) is 85.1 cm³/mol. The summed E-state index contributed by atoms with van der Waals surface area (Å²) in [4.78, 5) is 12.2. The Morgan fingerprint density at radius 3 is 2.19 bits per heavy atom. The van der Waals surface area contributed by atoms with E-state index in [4.69, 9.17) is 16.3 Å². The highest BCUT2D eigenvalue weighted by molar-refractivity contribution is 6.31. The Kier molecular flexibility index (Phi) is 3.91. The first-order valence-electron chi connectivity index (χ1n) is 6.85. The van der Waals surface area contributed by atoms with E-state index in [0.717, 1.165) is 22.3 Å². The van der Waals surface area contributed by atoms with Gasteiger partial charge in [-0.15, -0.1) is 0 Å². The smallest absolute Gasteiger partial charge is 0.160 e. The third-order valence-electron chi connectivity index (χ3n) is 3.49. The van der Waals surface area contributed by atoms with Crippen LogP contribution >= 0.6 is 11.6 Å². The first-order valence-corrected chi connectivity index (χ1v) is 7.22. The van der Waals surface area contributed by atoms with Crippen molar-refractivity contribution >= 4 is 28.5 Å². The van der Waals surface area contributed by atoms with Gasteiger partial charge in [-0.1, -0.05) is 54.1 Å². The summed E-state index contributed by atoms with van der Waals surface area (Å²) in [6.45, 7) is 2.25. The van der Waals surface area contributed by atoms with Crippen LogP contribution in [0.3, 0.4) is 0 Å². The Morgan fingerprint density at radius 1 is 1.05 bits per heavy atom. The lowest BCUT2D eigenvalue weighted by atomic mass is 9.90. The van der Waals surface area contributed by atoms with Crippen molar-refractivity contribution in [1.29, 1.82) is 0 Å². The van der Waals surface area contributed by atoms with Crippen LogP contribution in [-0.2, 0) is 9.53 Å². The molecule has 106 valence electrons. The highest BCUT2D eigenvalue weighted by atomic mass is 35.5. The summed E-state index contributed by atoms with van der Waals surface area (Å²) in [5, 5.41) is 0.680. The van der Waals surface area contributed by atoms with Crippen LogP contribution in [0.1, 0.15) is 18.1 Å². The molecule has 1 saturated heterocycles. The third kappa shape index (κ3) is 3.07. The molecule has 0 amide bonds. The molecule has 0 N–H and O–H groups in total. The lowest BCUT2D eigenvalue weighted by Gasteiger charge is -2.13. The molecule has 0 radical (unpaired) electrons. The summed E-state index contributed by atoms with van der Waals surface area (Å²) in [7, 11) is 0. The van der Waals surface area contributed by atoms with E-state index in [1.165, 1.54) is 0 Å². The number of ether oxygens (including phenoxy) is 1. The molecule has 2 aromatic rings. The van der Waals surface area contributed by atoms with E-state index >= 15 is 0 Å². The number of ketones is 1. The molecule has 1 aliphatic heterocycles. The molecular weight excluding hydrogens is 284 g/mol. The molecule has 0 unspecified atom stereocenters. The van der Waals surface area contributed by atoms with Crippen molar-refractivity contribution in [2.24, 2.45) is 0 Å². The molecular formula is C18H15ClO2. The molecule has 1 aliphatic rings. The average molecular weight is 299 g/mol. The first-order chi connectivity index (χ1) is 10.2. The van der Waals surface area contributed by atoms with E-state index in [0.29, 0.717) is 11.6 Å². The average Bonchev–Trinajstić information content (AvgIpc) is 3.31. The number of hydrogen-bond acceptors (Lipinski definition) is 2. The van der Waals surface area contributed by atoms with E-state index in [1.807, 2.05) is 54.6 Å². The van der Waals surface area contributed by atoms with Crippen LogP contribution in [0.4, 0.5) is 0 Å². The Labute approximate surface area is 129 Å². The van der Waals surface area contributed by atoms with E-state index in [1.54, 1.807) is 6.92 Å². The molecule has 3 rings (SSSR count). The van der Waals surface area contributed by atoms with Crippen molar-refractivity contribution in [3.05, 3.63) is 70.7 Å². The molecule has 0 bridgehead atoms. The quantitative estimate of drug-likeness (QED) is 0.480. The summed E-state index contributed by atoms with van der Waals surface area (Å²) in [5.74, 6) is 0.0432. The fourth-order valence-corrected chi connectivity index (χ4v) is 2.61. The molecule has 0 aromatic heterocycles. The highest BCUT2D eigenvalue weighted by Gasteiger charge is 2.32. The maximum atomic E-state index is 12.2. The zero-order chi connectivity index (χ0) is 14.8.